The van der Waals surface area contributed by atoms with Gasteiger partial charge in [0, 0.05) is 0 Å². The first-order chi connectivity index (χ1) is 5.11. The predicted octanol–water partition coefficient (Wildman–Crippen LogP) is -0.366. The number of ether oxygens (including phenoxy) is 1. The highest BCUT2D eigenvalue weighted by Gasteiger charge is 2.10. The summed E-state index contributed by atoms with van der Waals surface area (Å²) in [5.74, 6) is -1.37. The largest absolute Gasteiger partial charge is 0.468 e. The summed E-state index contributed by atoms with van der Waals surface area (Å²) in [5, 5.41) is 8.27. The van der Waals surface area contributed by atoms with Crippen LogP contribution in [0.15, 0.2) is 4.99 Å². The van der Waals surface area contributed by atoms with Gasteiger partial charge in [0.25, 0.3) is 11.9 Å². The number of hydrogen-bond acceptors (Lipinski definition) is 3. The average molecular weight is 155 g/mol. The van der Waals surface area contributed by atoms with Gasteiger partial charge in [-0.05, 0) is 6.92 Å². The van der Waals surface area contributed by atoms with Crippen LogP contribution in [0.2, 0.25) is 0 Å². The van der Waals surface area contributed by atoms with E-state index in [1.54, 1.807) is 6.07 Å². The molecular weight excluding hydrogens is 146 g/mol. The van der Waals surface area contributed by atoms with E-state index in [2.05, 4.69) is 9.73 Å². The molecule has 0 aliphatic rings. The summed E-state index contributed by atoms with van der Waals surface area (Å²) in [4.78, 5) is 14.1. The first kappa shape index (κ1) is 9.43. The molecule has 60 valence electrons. The summed E-state index contributed by atoms with van der Waals surface area (Å²) < 4.78 is 4.41. The minimum atomic E-state index is -0.774. The smallest absolute Gasteiger partial charge is 0.289 e. The second-order valence-electron chi connectivity index (χ2n) is 1.84. The summed E-state index contributed by atoms with van der Waals surface area (Å²) in [6, 6.07) is 1.50. The molecular formula is C6H9N3O2. The van der Waals surface area contributed by atoms with Crippen molar-refractivity contribution in [3.8, 4) is 6.07 Å². The van der Waals surface area contributed by atoms with Crippen LogP contribution in [0.5, 0.6) is 0 Å². The number of nitriles is 1. The molecule has 0 spiro atoms. The van der Waals surface area contributed by atoms with Gasteiger partial charge in [0.05, 0.1) is 13.2 Å². The van der Waals surface area contributed by atoms with Crippen LogP contribution < -0.4 is 5.73 Å². The van der Waals surface area contributed by atoms with Crippen molar-refractivity contribution < 1.29 is 9.53 Å². The van der Waals surface area contributed by atoms with Gasteiger partial charge in [0.15, 0.2) is 0 Å². The number of aliphatic imine (C=N–C) groups is 1. The molecule has 0 rings (SSSR count). The van der Waals surface area contributed by atoms with Gasteiger partial charge < -0.3 is 10.5 Å². The molecule has 0 saturated carbocycles. The third kappa shape index (κ3) is 3.20. The summed E-state index contributed by atoms with van der Waals surface area (Å²) in [5.41, 5.74) is 5.06. The highest BCUT2D eigenvalue weighted by molar-refractivity contribution is 5.91. The summed E-state index contributed by atoms with van der Waals surface area (Å²) in [6.45, 7) is 1.44. The highest BCUT2D eigenvalue weighted by Crippen LogP contribution is 1.94. The molecule has 0 aliphatic heterocycles. The van der Waals surface area contributed by atoms with Crippen LogP contribution in [0.1, 0.15) is 6.92 Å². The Kier molecular flexibility index (Phi) is 3.67. The van der Waals surface area contributed by atoms with Crippen molar-refractivity contribution in [3.63, 3.8) is 0 Å². The molecule has 1 unspecified atom stereocenters. The van der Waals surface area contributed by atoms with Crippen molar-refractivity contribution in [1.82, 2.24) is 0 Å². The molecule has 0 aromatic rings. The Balaban J connectivity index is 4.20. The van der Waals surface area contributed by atoms with E-state index < -0.39 is 11.8 Å². The number of nitrogens with two attached hydrogens (primary N) is 1. The Morgan fingerprint density at radius 2 is 2.36 bits per heavy atom. The standard InChI is InChI=1S/C6H9N3O2/c1-4(3-7)5(10)9-6(8)11-2/h4H,1-2H3,(H2,8,9,10). The third-order valence-corrected chi connectivity index (χ3v) is 0.994. The van der Waals surface area contributed by atoms with E-state index in [9.17, 15) is 4.79 Å². The summed E-state index contributed by atoms with van der Waals surface area (Å²) in [6.07, 6.45) is 0. The number of hydrogen-bond donors (Lipinski definition) is 1. The highest BCUT2D eigenvalue weighted by atomic mass is 16.5. The average Bonchev–Trinajstić information content (AvgIpc) is 2.02. The van der Waals surface area contributed by atoms with Crippen molar-refractivity contribution >= 4 is 11.9 Å². The van der Waals surface area contributed by atoms with E-state index in [4.69, 9.17) is 11.0 Å². The van der Waals surface area contributed by atoms with Gasteiger partial charge in [-0.15, -0.1) is 0 Å². The molecule has 1 atom stereocenters. The predicted molar refractivity (Wildman–Crippen MR) is 38.4 cm³/mol. The fourth-order valence-electron chi connectivity index (χ4n) is 0.306. The molecule has 0 aliphatic carbocycles. The maximum atomic E-state index is 10.8. The van der Waals surface area contributed by atoms with Gasteiger partial charge in [-0.3, -0.25) is 4.79 Å². The number of carbonyl (C=O) groups is 1. The van der Waals surface area contributed by atoms with Crippen LogP contribution in [0.25, 0.3) is 0 Å². The number of amides is 1. The quantitative estimate of drug-likeness (QED) is 0.413. The number of carbonyl (C=O) groups excluding carboxylic acids is 1. The van der Waals surface area contributed by atoms with Gasteiger partial charge in [-0.1, -0.05) is 0 Å². The normalized spacial score (nSPS) is 13.4. The van der Waals surface area contributed by atoms with Crippen molar-refractivity contribution in [1.29, 1.82) is 5.26 Å². The molecule has 5 heteroatoms. The Morgan fingerprint density at radius 1 is 1.82 bits per heavy atom. The Labute approximate surface area is 64.5 Å². The Morgan fingerprint density at radius 3 is 2.73 bits per heavy atom. The fourth-order valence-corrected chi connectivity index (χ4v) is 0.306. The lowest BCUT2D eigenvalue weighted by molar-refractivity contribution is -0.119. The Bertz CT molecular complexity index is 216. The van der Waals surface area contributed by atoms with Crippen LogP contribution in [-0.2, 0) is 9.53 Å². The van der Waals surface area contributed by atoms with Crippen molar-refractivity contribution in [2.24, 2.45) is 16.6 Å². The van der Waals surface area contributed by atoms with Crippen molar-refractivity contribution in [3.05, 3.63) is 0 Å². The molecule has 0 aromatic carbocycles. The lowest BCUT2D eigenvalue weighted by Crippen LogP contribution is -2.18. The minimum Gasteiger partial charge on any atom is -0.468 e. The van der Waals surface area contributed by atoms with E-state index in [1.165, 1.54) is 14.0 Å². The minimum absolute atomic E-state index is 0.225. The maximum absolute atomic E-state index is 10.8. The maximum Gasteiger partial charge on any atom is 0.289 e. The van der Waals surface area contributed by atoms with Crippen LogP contribution in [-0.4, -0.2) is 19.0 Å². The number of methoxy groups -OCH3 is 1. The van der Waals surface area contributed by atoms with Crippen LogP contribution in [0, 0.1) is 17.2 Å². The first-order valence-corrected chi connectivity index (χ1v) is 2.93. The van der Waals surface area contributed by atoms with Gasteiger partial charge in [-0.25, -0.2) is 0 Å². The Hall–Kier alpha value is -1.57. The van der Waals surface area contributed by atoms with Gasteiger partial charge in [-0.2, -0.15) is 10.3 Å². The second-order valence-corrected chi connectivity index (χ2v) is 1.84. The van der Waals surface area contributed by atoms with Crippen LogP contribution in [0.4, 0.5) is 0 Å². The lowest BCUT2D eigenvalue weighted by Gasteiger charge is -1.97. The first-order valence-electron chi connectivity index (χ1n) is 2.93. The second kappa shape index (κ2) is 4.28. The third-order valence-electron chi connectivity index (χ3n) is 0.994. The zero-order chi connectivity index (χ0) is 8.85. The summed E-state index contributed by atoms with van der Waals surface area (Å²) in [7, 11) is 1.29. The molecule has 5 nitrogen and oxygen atoms in total. The van der Waals surface area contributed by atoms with E-state index in [-0.39, 0.29) is 6.02 Å². The van der Waals surface area contributed by atoms with Gasteiger partial charge in [0.2, 0.25) is 0 Å². The monoisotopic (exact) mass is 155 g/mol. The molecule has 0 fully saturated rings. The molecule has 0 heterocycles. The molecule has 0 aromatic heterocycles. The molecule has 0 saturated heterocycles. The van der Waals surface area contributed by atoms with Crippen molar-refractivity contribution in [2.45, 2.75) is 6.92 Å². The molecule has 11 heavy (non-hydrogen) atoms. The molecule has 0 bridgehead atoms. The van der Waals surface area contributed by atoms with E-state index in [0.717, 1.165) is 0 Å². The topological polar surface area (TPSA) is 88.5 Å². The summed E-state index contributed by atoms with van der Waals surface area (Å²) >= 11 is 0. The lowest BCUT2D eigenvalue weighted by atomic mass is 10.2. The van der Waals surface area contributed by atoms with Gasteiger partial charge in [0.1, 0.15) is 5.92 Å². The number of amidine groups is 1. The van der Waals surface area contributed by atoms with Crippen molar-refractivity contribution in [2.75, 3.05) is 7.11 Å². The van der Waals surface area contributed by atoms with E-state index in [1.807, 2.05) is 0 Å². The number of nitrogens with zero attached hydrogens (tertiary/aromatic N) is 2. The zero-order valence-corrected chi connectivity index (χ0v) is 6.37. The fraction of sp³-hybridized carbons (Fsp3) is 0.500. The molecule has 1 amide bonds. The van der Waals surface area contributed by atoms with Crippen LogP contribution >= 0.6 is 0 Å². The SMILES string of the molecule is COC(N)=NC(=O)C(C)C#N. The van der Waals surface area contributed by atoms with Crippen LogP contribution in [0.3, 0.4) is 0 Å². The van der Waals surface area contributed by atoms with Gasteiger partial charge >= 0.3 is 0 Å². The molecule has 2 N–H and O–H groups in total. The zero-order valence-electron chi connectivity index (χ0n) is 6.37. The molecule has 0 radical (unpaired) electrons. The van der Waals surface area contributed by atoms with E-state index in [0.29, 0.717) is 0 Å². The number of rotatable bonds is 1. The van der Waals surface area contributed by atoms with E-state index >= 15 is 0 Å².